The van der Waals surface area contributed by atoms with Gasteiger partial charge in [0, 0.05) is 19.2 Å². The largest absolute Gasteiger partial charge is 0.481 e. The number of hydrogen-bond donors (Lipinski definition) is 9. The molecular formula is C29H46N6O12S. The maximum atomic E-state index is 13.7. The van der Waals surface area contributed by atoms with Crippen LogP contribution in [-0.2, 0) is 43.2 Å². The standard InChI is InChI=1S/C29H46N6O12S/c1-6-14(4)23(34-25(42)17(11-21(39)40)31-24(41)16(10-20(37)38)30-15(5)36)27(44)33-22(13(2)3)28(45)35-9-7-8-19(35)26(43)32-18(12-48)29(46)47/h13-14,16-19,22-23,48H,6-12H2,1-5H3,(H,30,36)(H,31,41)(H,32,43)(H,33,44)(H,34,42)(H,37,38)(H,39,40)(H,46,47)/t14?,16-,17+,18-,19-,22-,23-/m0/s1. The first-order valence-electron chi connectivity index (χ1n) is 15.4. The number of aliphatic carboxylic acids is 3. The normalized spacial score (nSPS) is 17.9. The molecular weight excluding hydrogens is 656 g/mol. The quantitative estimate of drug-likeness (QED) is 0.0667. The van der Waals surface area contributed by atoms with Gasteiger partial charge in [-0.3, -0.25) is 38.4 Å². The number of carbonyl (C=O) groups excluding carboxylic acids is 6. The van der Waals surface area contributed by atoms with Crippen LogP contribution in [0.15, 0.2) is 0 Å². The summed E-state index contributed by atoms with van der Waals surface area (Å²) in [6.45, 7) is 7.82. The summed E-state index contributed by atoms with van der Waals surface area (Å²) in [6, 6.07) is -8.19. The molecule has 270 valence electrons. The van der Waals surface area contributed by atoms with Crippen molar-refractivity contribution in [3.63, 3.8) is 0 Å². The minimum atomic E-state index is -1.78. The third-order valence-corrected chi connectivity index (χ3v) is 8.11. The minimum absolute atomic E-state index is 0.165. The highest BCUT2D eigenvalue weighted by molar-refractivity contribution is 7.80. The van der Waals surface area contributed by atoms with Crippen LogP contribution in [-0.4, -0.2) is 122 Å². The third kappa shape index (κ3) is 12.6. The summed E-state index contributed by atoms with van der Waals surface area (Å²) in [5.74, 6) is -10.6. The first-order chi connectivity index (χ1) is 22.3. The fraction of sp³-hybridized carbons (Fsp3) is 0.690. The van der Waals surface area contributed by atoms with Crippen molar-refractivity contribution in [3.05, 3.63) is 0 Å². The molecule has 6 amide bonds. The summed E-state index contributed by atoms with van der Waals surface area (Å²) in [7, 11) is 0. The average Bonchev–Trinajstić information content (AvgIpc) is 3.48. The Bertz CT molecular complexity index is 1230. The molecule has 1 fully saturated rings. The maximum Gasteiger partial charge on any atom is 0.327 e. The highest BCUT2D eigenvalue weighted by Gasteiger charge is 2.41. The van der Waals surface area contributed by atoms with Crippen LogP contribution in [0.25, 0.3) is 0 Å². The van der Waals surface area contributed by atoms with E-state index in [0.717, 1.165) is 6.92 Å². The van der Waals surface area contributed by atoms with Gasteiger partial charge in [-0.15, -0.1) is 0 Å². The molecule has 0 bridgehead atoms. The molecule has 7 atom stereocenters. The van der Waals surface area contributed by atoms with Crippen LogP contribution < -0.4 is 26.6 Å². The SMILES string of the molecule is CCC(C)[C@H](NC(=O)[C@@H](CC(=O)O)NC(=O)[C@H](CC(=O)O)NC(C)=O)C(=O)N[C@H](C(=O)N1CCC[C@H]1C(=O)N[C@@H](CS)C(=O)O)C(C)C. The molecule has 0 radical (unpaired) electrons. The van der Waals surface area contributed by atoms with Gasteiger partial charge in [0.25, 0.3) is 0 Å². The first-order valence-corrected chi connectivity index (χ1v) is 16.0. The van der Waals surface area contributed by atoms with Gasteiger partial charge in [-0.1, -0.05) is 34.1 Å². The number of carboxylic acids is 3. The van der Waals surface area contributed by atoms with Crippen LogP contribution in [0.3, 0.4) is 0 Å². The second kappa shape index (κ2) is 19.4. The summed E-state index contributed by atoms with van der Waals surface area (Å²) in [5.41, 5.74) is 0. The Balaban J connectivity index is 3.23. The molecule has 1 aliphatic heterocycles. The van der Waals surface area contributed by atoms with Gasteiger partial charge in [-0.2, -0.15) is 12.6 Å². The van der Waals surface area contributed by atoms with E-state index in [4.69, 9.17) is 5.11 Å². The van der Waals surface area contributed by atoms with Crippen molar-refractivity contribution in [2.45, 2.75) is 103 Å². The second-order valence-electron chi connectivity index (χ2n) is 11.9. The van der Waals surface area contributed by atoms with Crippen LogP contribution in [0, 0.1) is 11.8 Å². The zero-order valence-corrected chi connectivity index (χ0v) is 28.4. The number of likely N-dealkylation sites (tertiary alicyclic amines) is 1. The Morgan fingerprint density at radius 3 is 1.73 bits per heavy atom. The summed E-state index contributed by atoms with van der Waals surface area (Å²) < 4.78 is 0. The van der Waals surface area contributed by atoms with Gasteiger partial charge in [0.1, 0.15) is 36.3 Å². The van der Waals surface area contributed by atoms with Crippen LogP contribution in [0.1, 0.15) is 66.7 Å². The van der Waals surface area contributed by atoms with Crippen molar-refractivity contribution in [1.29, 1.82) is 0 Å². The molecule has 0 aromatic heterocycles. The molecule has 1 aliphatic rings. The monoisotopic (exact) mass is 702 g/mol. The molecule has 0 saturated carbocycles. The van der Waals surface area contributed by atoms with E-state index in [0.29, 0.717) is 12.8 Å². The van der Waals surface area contributed by atoms with Crippen molar-refractivity contribution in [3.8, 4) is 0 Å². The lowest BCUT2D eigenvalue weighted by molar-refractivity contribution is -0.145. The predicted octanol–water partition coefficient (Wildman–Crippen LogP) is -1.91. The van der Waals surface area contributed by atoms with Crippen LogP contribution in [0.4, 0.5) is 0 Å². The molecule has 0 aliphatic carbocycles. The Kier molecular flexibility index (Phi) is 16.8. The summed E-state index contributed by atoms with van der Waals surface area (Å²) >= 11 is 3.94. The highest BCUT2D eigenvalue weighted by Crippen LogP contribution is 2.21. The lowest BCUT2D eigenvalue weighted by Crippen LogP contribution is -2.61. The molecule has 0 aromatic carbocycles. The van der Waals surface area contributed by atoms with E-state index in [1.54, 1.807) is 27.7 Å². The molecule has 0 aromatic rings. The first kappa shape index (κ1) is 41.6. The van der Waals surface area contributed by atoms with Gasteiger partial charge >= 0.3 is 17.9 Å². The van der Waals surface area contributed by atoms with Crippen molar-refractivity contribution < 1.29 is 58.5 Å². The zero-order chi connectivity index (χ0) is 36.9. The Hall–Kier alpha value is -4.42. The van der Waals surface area contributed by atoms with E-state index in [1.807, 2.05) is 0 Å². The van der Waals surface area contributed by atoms with Crippen molar-refractivity contribution >= 4 is 66.0 Å². The average molecular weight is 703 g/mol. The summed E-state index contributed by atoms with van der Waals surface area (Å²) in [5, 5.41) is 39.5. The van der Waals surface area contributed by atoms with Gasteiger partial charge in [-0.05, 0) is 24.7 Å². The van der Waals surface area contributed by atoms with E-state index < -0.39 is 114 Å². The van der Waals surface area contributed by atoms with E-state index in [2.05, 4.69) is 39.2 Å². The summed E-state index contributed by atoms with van der Waals surface area (Å²) in [4.78, 5) is 113. The highest BCUT2D eigenvalue weighted by atomic mass is 32.1. The number of nitrogens with zero attached hydrogens (tertiary/aromatic N) is 1. The Labute approximate surface area is 282 Å². The number of thiol groups is 1. The Morgan fingerprint density at radius 1 is 0.750 bits per heavy atom. The van der Waals surface area contributed by atoms with Crippen molar-refractivity contribution in [2.75, 3.05) is 12.3 Å². The maximum absolute atomic E-state index is 13.7. The zero-order valence-electron chi connectivity index (χ0n) is 27.5. The number of carboxylic acid groups (broad SMARTS) is 3. The molecule has 1 unspecified atom stereocenters. The number of nitrogens with one attached hydrogen (secondary N) is 5. The predicted molar refractivity (Wildman–Crippen MR) is 170 cm³/mol. The molecule has 48 heavy (non-hydrogen) atoms. The van der Waals surface area contributed by atoms with Crippen LogP contribution in [0.2, 0.25) is 0 Å². The van der Waals surface area contributed by atoms with E-state index in [1.165, 1.54) is 4.90 Å². The lowest BCUT2D eigenvalue weighted by Gasteiger charge is -2.33. The minimum Gasteiger partial charge on any atom is -0.481 e. The second-order valence-corrected chi connectivity index (χ2v) is 12.2. The molecule has 1 saturated heterocycles. The van der Waals surface area contributed by atoms with Gasteiger partial charge < -0.3 is 46.8 Å². The number of hydrogen-bond acceptors (Lipinski definition) is 10. The fourth-order valence-electron chi connectivity index (χ4n) is 4.93. The van der Waals surface area contributed by atoms with Crippen molar-refractivity contribution in [2.24, 2.45) is 11.8 Å². The summed E-state index contributed by atoms with van der Waals surface area (Å²) in [6.07, 6.45) is -0.772. The third-order valence-electron chi connectivity index (χ3n) is 7.74. The smallest absolute Gasteiger partial charge is 0.327 e. The molecule has 19 heteroatoms. The number of rotatable bonds is 19. The van der Waals surface area contributed by atoms with Gasteiger partial charge in [-0.25, -0.2) is 4.79 Å². The van der Waals surface area contributed by atoms with Crippen LogP contribution >= 0.6 is 12.6 Å². The van der Waals surface area contributed by atoms with E-state index in [9.17, 15) is 53.4 Å². The van der Waals surface area contributed by atoms with E-state index in [-0.39, 0.29) is 18.7 Å². The lowest BCUT2D eigenvalue weighted by atomic mass is 9.95. The van der Waals surface area contributed by atoms with Crippen molar-refractivity contribution in [1.82, 2.24) is 31.5 Å². The van der Waals surface area contributed by atoms with Gasteiger partial charge in [0.15, 0.2) is 0 Å². The molecule has 1 rings (SSSR count). The number of amides is 6. The van der Waals surface area contributed by atoms with Crippen LogP contribution in [0.5, 0.6) is 0 Å². The number of carbonyl (C=O) groups is 9. The molecule has 18 nitrogen and oxygen atoms in total. The Morgan fingerprint density at radius 2 is 1.27 bits per heavy atom. The van der Waals surface area contributed by atoms with Gasteiger partial charge in [0.2, 0.25) is 35.4 Å². The fourth-order valence-corrected chi connectivity index (χ4v) is 5.18. The van der Waals surface area contributed by atoms with Gasteiger partial charge in [0.05, 0.1) is 12.8 Å². The molecule has 0 spiro atoms. The topological polar surface area (TPSA) is 278 Å². The molecule has 8 N–H and O–H groups in total. The molecule has 1 heterocycles. The van der Waals surface area contributed by atoms with E-state index >= 15 is 0 Å².